The number of carbonyl (C=O) groups excluding carboxylic acids is 1. The van der Waals surface area contributed by atoms with Crippen LogP contribution in [0.4, 0.5) is 0 Å². The Hall–Kier alpha value is -2.20. The lowest BCUT2D eigenvalue weighted by atomic mass is 10.1. The van der Waals surface area contributed by atoms with Crippen molar-refractivity contribution < 1.29 is 14.3 Å². The molecule has 2 aromatic carbocycles. The van der Waals surface area contributed by atoms with Gasteiger partial charge in [-0.3, -0.25) is 4.79 Å². The van der Waals surface area contributed by atoms with Gasteiger partial charge in [0.15, 0.2) is 11.5 Å². The predicted molar refractivity (Wildman–Crippen MR) is 86.5 cm³/mol. The molecule has 0 aliphatic carbocycles. The van der Waals surface area contributed by atoms with Crippen LogP contribution in [0.3, 0.4) is 0 Å². The molecule has 0 fully saturated rings. The van der Waals surface area contributed by atoms with Gasteiger partial charge >= 0.3 is 0 Å². The molecule has 2 rings (SSSR count). The van der Waals surface area contributed by atoms with Crippen molar-refractivity contribution in [3.8, 4) is 11.5 Å². The maximum atomic E-state index is 12.0. The number of hydrogen-bond acceptors (Lipinski definition) is 3. The Morgan fingerprint density at radius 3 is 2.50 bits per heavy atom. The number of benzene rings is 2. The summed E-state index contributed by atoms with van der Waals surface area (Å²) in [5.41, 5.74) is 1.75. The Morgan fingerprint density at radius 2 is 1.82 bits per heavy atom. The fourth-order valence-corrected chi connectivity index (χ4v) is 2.27. The molecule has 0 bridgehead atoms. The lowest BCUT2D eigenvalue weighted by molar-refractivity contribution is -0.120. The van der Waals surface area contributed by atoms with Gasteiger partial charge in [0.25, 0.3) is 0 Å². The van der Waals surface area contributed by atoms with E-state index in [1.54, 1.807) is 20.3 Å². The van der Waals surface area contributed by atoms with E-state index in [-0.39, 0.29) is 12.3 Å². The lowest BCUT2D eigenvalue weighted by Gasteiger charge is -2.10. The van der Waals surface area contributed by atoms with Crippen molar-refractivity contribution in [3.05, 3.63) is 58.6 Å². The molecule has 0 radical (unpaired) electrons. The number of methoxy groups -OCH3 is 2. The molecule has 1 amide bonds. The summed E-state index contributed by atoms with van der Waals surface area (Å²) < 4.78 is 10.4. The van der Waals surface area contributed by atoms with E-state index in [4.69, 9.17) is 21.1 Å². The molecule has 0 aliphatic heterocycles. The largest absolute Gasteiger partial charge is 0.493 e. The summed E-state index contributed by atoms with van der Waals surface area (Å²) in [5, 5.41) is 3.47. The summed E-state index contributed by atoms with van der Waals surface area (Å²) >= 11 is 6.05. The molecule has 0 unspecified atom stereocenters. The molecule has 0 saturated heterocycles. The highest BCUT2D eigenvalue weighted by atomic mass is 35.5. The zero-order valence-corrected chi connectivity index (χ0v) is 13.3. The summed E-state index contributed by atoms with van der Waals surface area (Å²) in [5.74, 6) is 1.22. The van der Waals surface area contributed by atoms with Gasteiger partial charge in [-0.25, -0.2) is 0 Å². The second-order valence-electron chi connectivity index (χ2n) is 4.73. The van der Waals surface area contributed by atoms with Crippen LogP contribution in [0.1, 0.15) is 11.1 Å². The molecule has 4 nitrogen and oxygen atoms in total. The third-order valence-electron chi connectivity index (χ3n) is 3.25. The smallest absolute Gasteiger partial charge is 0.224 e. The number of ether oxygens (including phenoxy) is 2. The topological polar surface area (TPSA) is 47.6 Å². The molecule has 0 aliphatic rings. The molecular weight excluding hydrogens is 302 g/mol. The standard InChI is InChI=1S/C17H18ClNO3/c1-21-15-8-7-12(9-16(15)22-2)11-19-17(20)10-13-5-3-4-6-14(13)18/h3-9H,10-11H2,1-2H3,(H,19,20). The molecule has 22 heavy (non-hydrogen) atoms. The molecular formula is C17H18ClNO3. The van der Waals surface area contributed by atoms with E-state index in [0.29, 0.717) is 23.1 Å². The molecule has 0 atom stereocenters. The van der Waals surface area contributed by atoms with Crippen molar-refractivity contribution in [2.75, 3.05) is 14.2 Å². The van der Waals surface area contributed by atoms with E-state index in [0.717, 1.165) is 11.1 Å². The zero-order valence-electron chi connectivity index (χ0n) is 12.6. The summed E-state index contributed by atoms with van der Waals surface area (Å²) in [6, 6.07) is 12.9. The van der Waals surface area contributed by atoms with Crippen molar-refractivity contribution in [1.29, 1.82) is 0 Å². The second-order valence-corrected chi connectivity index (χ2v) is 5.14. The van der Waals surface area contributed by atoms with Crippen LogP contribution in [-0.4, -0.2) is 20.1 Å². The minimum absolute atomic E-state index is 0.0807. The van der Waals surface area contributed by atoms with Gasteiger partial charge in [-0.15, -0.1) is 0 Å². The maximum absolute atomic E-state index is 12.0. The highest BCUT2D eigenvalue weighted by molar-refractivity contribution is 6.31. The van der Waals surface area contributed by atoms with Crippen LogP contribution in [0, 0.1) is 0 Å². The van der Waals surface area contributed by atoms with Crippen LogP contribution in [0.25, 0.3) is 0 Å². The normalized spacial score (nSPS) is 10.1. The van der Waals surface area contributed by atoms with Crippen LogP contribution in [0.15, 0.2) is 42.5 Å². The third-order valence-corrected chi connectivity index (χ3v) is 3.62. The van der Waals surface area contributed by atoms with Crippen LogP contribution in [0.5, 0.6) is 11.5 Å². The minimum atomic E-state index is -0.0807. The molecule has 0 heterocycles. The van der Waals surface area contributed by atoms with Crippen molar-refractivity contribution in [2.24, 2.45) is 0 Å². The highest BCUT2D eigenvalue weighted by Crippen LogP contribution is 2.27. The molecule has 5 heteroatoms. The second kappa shape index (κ2) is 7.71. The van der Waals surface area contributed by atoms with Gasteiger partial charge in [0.1, 0.15) is 0 Å². The molecule has 0 saturated carbocycles. The van der Waals surface area contributed by atoms with E-state index < -0.39 is 0 Å². The first-order chi connectivity index (χ1) is 10.6. The lowest BCUT2D eigenvalue weighted by Crippen LogP contribution is -2.24. The first-order valence-corrected chi connectivity index (χ1v) is 7.23. The highest BCUT2D eigenvalue weighted by Gasteiger charge is 2.08. The van der Waals surface area contributed by atoms with Crippen LogP contribution >= 0.6 is 11.6 Å². The Bertz CT molecular complexity index is 658. The van der Waals surface area contributed by atoms with Gasteiger partial charge in [-0.05, 0) is 29.3 Å². The summed E-state index contributed by atoms with van der Waals surface area (Å²) in [6.07, 6.45) is 0.257. The number of amides is 1. The van der Waals surface area contributed by atoms with E-state index in [1.807, 2.05) is 36.4 Å². The van der Waals surface area contributed by atoms with Gasteiger partial charge < -0.3 is 14.8 Å². The van der Waals surface area contributed by atoms with Crippen LogP contribution in [0.2, 0.25) is 5.02 Å². The number of rotatable bonds is 6. The van der Waals surface area contributed by atoms with E-state index >= 15 is 0 Å². The van der Waals surface area contributed by atoms with Gasteiger partial charge in [0, 0.05) is 11.6 Å². The van der Waals surface area contributed by atoms with Crippen LogP contribution in [-0.2, 0) is 17.8 Å². The fourth-order valence-electron chi connectivity index (χ4n) is 2.07. The average Bonchev–Trinajstić information content (AvgIpc) is 2.54. The summed E-state index contributed by atoms with van der Waals surface area (Å²) in [4.78, 5) is 12.0. The summed E-state index contributed by atoms with van der Waals surface area (Å²) in [7, 11) is 3.17. The van der Waals surface area contributed by atoms with Gasteiger partial charge in [0.05, 0.1) is 20.6 Å². The molecule has 1 N–H and O–H groups in total. The first kappa shape index (κ1) is 16.2. The minimum Gasteiger partial charge on any atom is -0.493 e. The monoisotopic (exact) mass is 319 g/mol. The number of nitrogens with one attached hydrogen (secondary N) is 1. The Kier molecular flexibility index (Phi) is 5.67. The van der Waals surface area contributed by atoms with Crippen LogP contribution < -0.4 is 14.8 Å². The van der Waals surface area contributed by atoms with Crippen molar-refractivity contribution in [1.82, 2.24) is 5.32 Å². The Labute approximate surface area is 135 Å². The number of carbonyl (C=O) groups is 1. The molecule has 116 valence electrons. The predicted octanol–water partition coefficient (Wildman–Crippen LogP) is 3.22. The number of hydrogen-bond donors (Lipinski definition) is 1. The maximum Gasteiger partial charge on any atom is 0.224 e. The van der Waals surface area contributed by atoms with Crippen molar-refractivity contribution >= 4 is 17.5 Å². The first-order valence-electron chi connectivity index (χ1n) is 6.85. The van der Waals surface area contributed by atoms with E-state index in [2.05, 4.69) is 5.32 Å². The third kappa shape index (κ3) is 4.15. The van der Waals surface area contributed by atoms with E-state index in [1.165, 1.54) is 0 Å². The van der Waals surface area contributed by atoms with Crippen molar-refractivity contribution in [2.45, 2.75) is 13.0 Å². The summed E-state index contributed by atoms with van der Waals surface area (Å²) in [6.45, 7) is 0.420. The van der Waals surface area contributed by atoms with Crippen molar-refractivity contribution in [3.63, 3.8) is 0 Å². The van der Waals surface area contributed by atoms with Gasteiger partial charge in [0.2, 0.25) is 5.91 Å². The average molecular weight is 320 g/mol. The zero-order chi connectivity index (χ0) is 15.9. The van der Waals surface area contributed by atoms with E-state index in [9.17, 15) is 4.79 Å². The number of halogens is 1. The molecule has 2 aromatic rings. The Balaban J connectivity index is 1.95. The molecule has 0 aromatic heterocycles. The van der Waals surface area contributed by atoms with Gasteiger partial charge in [-0.1, -0.05) is 35.9 Å². The SMILES string of the molecule is COc1ccc(CNC(=O)Cc2ccccc2Cl)cc1OC. The van der Waals surface area contributed by atoms with Gasteiger partial charge in [-0.2, -0.15) is 0 Å². The Morgan fingerprint density at radius 1 is 1.09 bits per heavy atom. The molecule has 0 spiro atoms. The quantitative estimate of drug-likeness (QED) is 0.889. The fraction of sp³-hybridized carbons (Fsp3) is 0.235.